The van der Waals surface area contributed by atoms with Gasteiger partial charge in [0.05, 0.1) is 12.7 Å². The second-order valence-electron chi connectivity index (χ2n) is 4.54. The highest BCUT2D eigenvalue weighted by molar-refractivity contribution is 6.11. The molecule has 0 aromatic heterocycles. The minimum absolute atomic E-state index is 0.0141. The predicted octanol–water partition coefficient (Wildman–Crippen LogP) is 3.53. The number of benzene rings is 2. The van der Waals surface area contributed by atoms with Crippen molar-refractivity contribution in [2.24, 2.45) is 0 Å². The average Bonchev–Trinajstić information content (AvgIpc) is 2.53. The molecule has 2 aromatic carbocycles. The molecule has 0 radical (unpaired) electrons. The number of anilines is 1. The number of methoxy groups -OCH3 is 1. The van der Waals surface area contributed by atoms with Gasteiger partial charge in [0.15, 0.2) is 5.78 Å². The van der Waals surface area contributed by atoms with Crippen molar-refractivity contribution in [3.63, 3.8) is 0 Å². The minimum atomic E-state index is -0.0141. The third-order valence-corrected chi connectivity index (χ3v) is 3.35. The zero-order valence-electron chi connectivity index (χ0n) is 12.1. The number of nitrogens with one attached hydrogen (secondary N) is 1. The van der Waals surface area contributed by atoms with Crippen molar-refractivity contribution in [2.75, 3.05) is 19.5 Å². The van der Waals surface area contributed by atoms with Crippen LogP contribution in [-0.4, -0.2) is 19.9 Å². The van der Waals surface area contributed by atoms with E-state index in [4.69, 9.17) is 4.74 Å². The Hall–Kier alpha value is -2.29. The molecule has 2 aromatic rings. The van der Waals surface area contributed by atoms with Gasteiger partial charge in [-0.2, -0.15) is 0 Å². The lowest BCUT2D eigenvalue weighted by Gasteiger charge is -2.10. The van der Waals surface area contributed by atoms with Crippen LogP contribution in [0.4, 0.5) is 5.69 Å². The second kappa shape index (κ2) is 6.24. The summed E-state index contributed by atoms with van der Waals surface area (Å²) in [5.41, 5.74) is 3.39. The molecule has 3 nitrogen and oxygen atoms in total. The number of hydrogen-bond acceptors (Lipinski definition) is 3. The molecule has 104 valence electrons. The molecule has 0 saturated carbocycles. The van der Waals surface area contributed by atoms with Gasteiger partial charge in [0, 0.05) is 18.3 Å². The van der Waals surface area contributed by atoms with E-state index in [0.717, 1.165) is 17.7 Å². The minimum Gasteiger partial charge on any atom is -0.496 e. The molecule has 0 heterocycles. The Kier molecular flexibility index (Phi) is 4.41. The normalized spacial score (nSPS) is 10.2. The molecular formula is C17H19NO2. The van der Waals surface area contributed by atoms with Gasteiger partial charge in [0.25, 0.3) is 0 Å². The molecule has 0 bridgehead atoms. The van der Waals surface area contributed by atoms with Crippen LogP contribution in [0.2, 0.25) is 0 Å². The zero-order chi connectivity index (χ0) is 14.5. The highest BCUT2D eigenvalue weighted by atomic mass is 16.5. The molecule has 0 amide bonds. The van der Waals surface area contributed by atoms with Gasteiger partial charge < -0.3 is 10.1 Å². The number of aryl methyl sites for hydroxylation is 1. The van der Waals surface area contributed by atoms with E-state index in [9.17, 15) is 4.79 Å². The van der Waals surface area contributed by atoms with Gasteiger partial charge in [-0.3, -0.25) is 4.79 Å². The smallest absolute Gasteiger partial charge is 0.196 e. The summed E-state index contributed by atoms with van der Waals surface area (Å²) >= 11 is 0. The Morgan fingerprint density at radius 3 is 2.40 bits per heavy atom. The Labute approximate surface area is 119 Å². The van der Waals surface area contributed by atoms with E-state index in [1.54, 1.807) is 7.11 Å². The van der Waals surface area contributed by atoms with Gasteiger partial charge in [-0.25, -0.2) is 0 Å². The molecule has 0 aliphatic carbocycles. The van der Waals surface area contributed by atoms with Crippen molar-refractivity contribution >= 4 is 11.5 Å². The summed E-state index contributed by atoms with van der Waals surface area (Å²) in [7, 11) is 3.44. The average molecular weight is 269 g/mol. The number of hydrogen-bond donors (Lipinski definition) is 1. The van der Waals surface area contributed by atoms with Gasteiger partial charge in [-0.05, 0) is 48.4 Å². The van der Waals surface area contributed by atoms with Crippen molar-refractivity contribution in [3.8, 4) is 5.75 Å². The summed E-state index contributed by atoms with van der Waals surface area (Å²) in [4.78, 5) is 12.6. The molecule has 0 fully saturated rings. The molecule has 3 heteroatoms. The standard InChI is InChI=1S/C17H19NO2/c1-4-12-5-10-16(20-3)15(11-12)17(19)13-6-8-14(18-2)9-7-13/h5-11,18H,4H2,1-3H3. The van der Waals surface area contributed by atoms with Gasteiger partial charge in [0.2, 0.25) is 0 Å². The molecule has 20 heavy (non-hydrogen) atoms. The quantitative estimate of drug-likeness (QED) is 0.844. The van der Waals surface area contributed by atoms with E-state index in [2.05, 4.69) is 12.2 Å². The largest absolute Gasteiger partial charge is 0.496 e. The highest BCUT2D eigenvalue weighted by Crippen LogP contribution is 2.24. The first-order chi connectivity index (χ1) is 9.69. The monoisotopic (exact) mass is 269 g/mol. The predicted molar refractivity (Wildman–Crippen MR) is 81.8 cm³/mol. The number of ether oxygens (including phenoxy) is 1. The van der Waals surface area contributed by atoms with Gasteiger partial charge in [0.1, 0.15) is 5.75 Å². The highest BCUT2D eigenvalue weighted by Gasteiger charge is 2.14. The van der Waals surface area contributed by atoms with Crippen LogP contribution in [-0.2, 0) is 6.42 Å². The van der Waals surface area contributed by atoms with E-state index >= 15 is 0 Å². The first-order valence-corrected chi connectivity index (χ1v) is 6.69. The van der Waals surface area contributed by atoms with Crippen LogP contribution in [0.5, 0.6) is 5.75 Å². The molecule has 1 N–H and O–H groups in total. The van der Waals surface area contributed by atoms with Crippen LogP contribution in [0.3, 0.4) is 0 Å². The molecule has 0 spiro atoms. The fourth-order valence-corrected chi connectivity index (χ4v) is 2.10. The Bertz CT molecular complexity index is 603. The van der Waals surface area contributed by atoms with Crippen molar-refractivity contribution in [1.29, 1.82) is 0 Å². The number of rotatable bonds is 5. The summed E-state index contributed by atoms with van der Waals surface area (Å²) in [5.74, 6) is 0.602. The van der Waals surface area contributed by atoms with Crippen molar-refractivity contribution in [3.05, 3.63) is 59.2 Å². The fraction of sp³-hybridized carbons (Fsp3) is 0.235. The third kappa shape index (κ3) is 2.82. The number of carbonyl (C=O) groups excluding carboxylic acids is 1. The summed E-state index contributed by atoms with van der Waals surface area (Å²) < 4.78 is 5.30. The Morgan fingerprint density at radius 1 is 1.15 bits per heavy atom. The van der Waals surface area contributed by atoms with E-state index in [0.29, 0.717) is 16.9 Å². The van der Waals surface area contributed by atoms with Crippen molar-refractivity contribution in [2.45, 2.75) is 13.3 Å². The summed E-state index contributed by atoms with van der Waals surface area (Å²) in [6.45, 7) is 2.07. The Balaban J connectivity index is 2.40. The van der Waals surface area contributed by atoms with Gasteiger partial charge in [-0.15, -0.1) is 0 Å². The lowest BCUT2D eigenvalue weighted by molar-refractivity contribution is 0.103. The maximum atomic E-state index is 12.6. The fourth-order valence-electron chi connectivity index (χ4n) is 2.10. The SMILES string of the molecule is CCc1ccc(OC)c(C(=O)c2ccc(NC)cc2)c1. The summed E-state index contributed by atoms with van der Waals surface area (Å²) in [5, 5.41) is 3.04. The molecule has 0 saturated heterocycles. The molecule has 0 aliphatic heterocycles. The van der Waals surface area contributed by atoms with Gasteiger partial charge >= 0.3 is 0 Å². The third-order valence-electron chi connectivity index (χ3n) is 3.35. The van der Waals surface area contributed by atoms with E-state index < -0.39 is 0 Å². The lowest BCUT2D eigenvalue weighted by atomic mass is 9.99. The van der Waals surface area contributed by atoms with Crippen LogP contribution in [0, 0.1) is 0 Å². The molecule has 0 unspecified atom stereocenters. The summed E-state index contributed by atoms with van der Waals surface area (Å²) in [6.07, 6.45) is 0.892. The van der Waals surface area contributed by atoms with Crippen molar-refractivity contribution in [1.82, 2.24) is 0 Å². The first kappa shape index (κ1) is 14.1. The maximum absolute atomic E-state index is 12.6. The second-order valence-corrected chi connectivity index (χ2v) is 4.54. The summed E-state index contributed by atoms with van der Waals surface area (Å²) in [6, 6.07) is 13.2. The van der Waals surface area contributed by atoms with Crippen LogP contribution < -0.4 is 10.1 Å². The lowest BCUT2D eigenvalue weighted by Crippen LogP contribution is -2.05. The molecular weight excluding hydrogens is 250 g/mol. The van der Waals surface area contributed by atoms with Crippen LogP contribution >= 0.6 is 0 Å². The first-order valence-electron chi connectivity index (χ1n) is 6.69. The van der Waals surface area contributed by atoms with E-state index in [1.165, 1.54) is 0 Å². The molecule has 0 atom stereocenters. The zero-order valence-corrected chi connectivity index (χ0v) is 12.1. The van der Waals surface area contributed by atoms with Crippen molar-refractivity contribution < 1.29 is 9.53 Å². The van der Waals surface area contributed by atoms with Gasteiger partial charge in [-0.1, -0.05) is 13.0 Å². The van der Waals surface area contributed by atoms with E-state index in [-0.39, 0.29) is 5.78 Å². The van der Waals surface area contributed by atoms with Crippen LogP contribution in [0.1, 0.15) is 28.4 Å². The molecule has 2 rings (SSSR count). The number of carbonyl (C=O) groups is 1. The topological polar surface area (TPSA) is 38.3 Å². The number of ketones is 1. The maximum Gasteiger partial charge on any atom is 0.196 e. The van der Waals surface area contributed by atoms with Crippen LogP contribution in [0.15, 0.2) is 42.5 Å². The van der Waals surface area contributed by atoms with Crippen LogP contribution in [0.25, 0.3) is 0 Å². The Morgan fingerprint density at radius 2 is 1.85 bits per heavy atom. The van der Waals surface area contributed by atoms with E-state index in [1.807, 2.05) is 49.5 Å². The molecule has 0 aliphatic rings.